The number of fused-ring (bicyclic) bond motifs is 1. The summed E-state index contributed by atoms with van der Waals surface area (Å²) < 4.78 is 68.8. The number of nitrogens with zero attached hydrogens (tertiary/aromatic N) is 1. The van der Waals surface area contributed by atoms with E-state index < -0.39 is 58.9 Å². The smallest absolute Gasteiger partial charge is 0.322 e. The van der Waals surface area contributed by atoms with E-state index in [4.69, 9.17) is 5.11 Å². The third-order valence-corrected chi connectivity index (χ3v) is 6.16. The maximum absolute atomic E-state index is 14.2. The van der Waals surface area contributed by atoms with Crippen molar-refractivity contribution in [3.8, 4) is 0 Å². The van der Waals surface area contributed by atoms with Crippen LogP contribution in [0.15, 0.2) is 0 Å². The van der Waals surface area contributed by atoms with Crippen molar-refractivity contribution in [3.63, 3.8) is 0 Å². The summed E-state index contributed by atoms with van der Waals surface area (Å²) in [6.45, 7) is 0. The van der Waals surface area contributed by atoms with E-state index in [0.29, 0.717) is 29.9 Å². The number of anilines is 1. The van der Waals surface area contributed by atoms with Crippen LogP contribution < -0.4 is 10.2 Å². The van der Waals surface area contributed by atoms with Crippen LogP contribution in [0.3, 0.4) is 0 Å². The van der Waals surface area contributed by atoms with Crippen LogP contribution in [0.4, 0.5) is 32.4 Å². The first-order chi connectivity index (χ1) is 12.7. The quantitative estimate of drug-likeness (QED) is 0.248. The number of benzene rings is 1. The normalized spacial score (nSPS) is 24.3. The average molecular weight is 410 g/mol. The third-order valence-electron chi connectivity index (χ3n) is 4.67. The van der Waals surface area contributed by atoms with E-state index >= 15 is 0 Å². The molecule has 0 saturated carbocycles. The second-order valence-corrected chi connectivity index (χ2v) is 7.62. The number of carbonyl (C=O) groups is 2. The van der Waals surface area contributed by atoms with E-state index in [2.05, 4.69) is 5.32 Å². The summed E-state index contributed by atoms with van der Waals surface area (Å²) in [7, 11) is 0. The number of rotatable bonds is 6. The van der Waals surface area contributed by atoms with Crippen LogP contribution in [0, 0.1) is 29.1 Å². The predicted octanol–water partition coefficient (Wildman–Crippen LogP) is 3.41. The summed E-state index contributed by atoms with van der Waals surface area (Å²) in [5.41, 5.74) is -1.26. The summed E-state index contributed by atoms with van der Waals surface area (Å²) in [5, 5.41) is 10.9. The Morgan fingerprint density at radius 2 is 1.67 bits per heavy atom. The first-order valence-electron chi connectivity index (χ1n) is 8.18. The average Bonchev–Trinajstić information content (AvgIpc) is 3.14. The Bertz CT molecular complexity index is 765. The SMILES string of the molecule is O=C(O)CCCC[C@H]1SC[C@H]2NC(=O)N(c3c(F)c(F)c(F)c(F)c3F)[C@H]21. The zero-order valence-corrected chi connectivity index (χ0v) is 14.6. The lowest BCUT2D eigenvalue weighted by atomic mass is 10.0. The lowest BCUT2D eigenvalue weighted by Crippen LogP contribution is -2.42. The maximum Gasteiger partial charge on any atom is 0.322 e. The molecule has 0 bridgehead atoms. The predicted molar refractivity (Wildman–Crippen MR) is 87.2 cm³/mol. The highest BCUT2D eigenvalue weighted by molar-refractivity contribution is 8.00. The van der Waals surface area contributed by atoms with Gasteiger partial charge in [-0.25, -0.2) is 26.7 Å². The third kappa shape index (κ3) is 3.44. The molecule has 0 radical (unpaired) electrons. The molecule has 1 aromatic rings. The molecule has 2 N–H and O–H groups in total. The fourth-order valence-corrected chi connectivity index (χ4v) is 5.03. The molecule has 2 fully saturated rings. The Kier molecular flexibility index (Phi) is 5.50. The standard InChI is InChI=1S/C16H15F5N2O3S/c17-9-10(18)12(20)15(13(21)11(9)19)23-14-6(22-16(23)26)5-27-7(14)3-1-2-4-8(24)25/h6-7,14H,1-5H2,(H,22,26)(H,24,25)/t6-,7-,14-/m1/s1. The topological polar surface area (TPSA) is 69.6 Å². The monoisotopic (exact) mass is 410 g/mol. The van der Waals surface area contributed by atoms with E-state index in [1.54, 1.807) is 0 Å². The zero-order chi connectivity index (χ0) is 19.9. The molecule has 5 nitrogen and oxygen atoms in total. The number of hydrogen-bond donors (Lipinski definition) is 2. The molecular weight excluding hydrogens is 395 g/mol. The van der Waals surface area contributed by atoms with Crippen molar-refractivity contribution in [2.75, 3.05) is 10.7 Å². The minimum atomic E-state index is -2.28. The van der Waals surface area contributed by atoms with Gasteiger partial charge in [-0.15, -0.1) is 0 Å². The fourth-order valence-electron chi connectivity index (χ4n) is 3.45. The Balaban J connectivity index is 1.89. The molecule has 11 heteroatoms. The van der Waals surface area contributed by atoms with Crippen molar-refractivity contribution in [3.05, 3.63) is 29.1 Å². The summed E-state index contributed by atoms with van der Waals surface area (Å²) in [5.74, 6) is -11.1. The lowest BCUT2D eigenvalue weighted by molar-refractivity contribution is -0.137. The number of thioether (sulfide) groups is 1. The van der Waals surface area contributed by atoms with Crippen molar-refractivity contribution in [2.45, 2.75) is 43.0 Å². The number of amides is 2. The number of nitrogens with one attached hydrogen (secondary N) is 1. The maximum atomic E-state index is 14.2. The van der Waals surface area contributed by atoms with Crippen LogP contribution in [-0.2, 0) is 4.79 Å². The van der Waals surface area contributed by atoms with Crippen LogP contribution in [0.5, 0.6) is 0 Å². The highest BCUT2D eigenvalue weighted by atomic mass is 32.2. The van der Waals surface area contributed by atoms with Gasteiger partial charge in [-0.05, 0) is 12.8 Å². The molecule has 2 heterocycles. The Morgan fingerprint density at radius 1 is 1.07 bits per heavy atom. The van der Waals surface area contributed by atoms with Gasteiger partial charge in [0.1, 0.15) is 5.69 Å². The molecule has 27 heavy (non-hydrogen) atoms. The number of unbranched alkanes of at least 4 members (excludes halogenated alkanes) is 1. The van der Waals surface area contributed by atoms with Crippen LogP contribution in [0.2, 0.25) is 0 Å². The van der Waals surface area contributed by atoms with Gasteiger partial charge in [0.05, 0.1) is 12.1 Å². The van der Waals surface area contributed by atoms with E-state index in [-0.39, 0.29) is 11.7 Å². The van der Waals surface area contributed by atoms with E-state index in [0.717, 1.165) is 0 Å². The molecular formula is C16H15F5N2O3S. The van der Waals surface area contributed by atoms with E-state index in [1.165, 1.54) is 11.8 Å². The van der Waals surface area contributed by atoms with Gasteiger partial charge in [-0.1, -0.05) is 6.42 Å². The summed E-state index contributed by atoms with van der Waals surface area (Å²) in [6.07, 6.45) is 1.28. The minimum Gasteiger partial charge on any atom is -0.481 e. The van der Waals surface area contributed by atoms with E-state index in [1.807, 2.05) is 0 Å². The molecule has 148 valence electrons. The minimum absolute atomic E-state index is 0.0377. The summed E-state index contributed by atoms with van der Waals surface area (Å²) in [4.78, 5) is 23.4. The highest BCUT2D eigenvalue weighted by Crippen LogP contribution is 2.42. The summed E-state index contributed by atoms with van der Waals surface area (Å²) >= 11 is 1.41. The van der Waals surface area contributed by atoms with Gasteiger partial charge >= 0.3 is 12.0 Å². The van der Waals surface area contributed by atoms with Crippen molar-refractivity contribution in [1.82, 2.24) is 5.32 Å². The Labute approximate surface area is 154 Å². The number of carboxylic acid groups (broad SMARTS) is 1. The van der Waals surface area contributed by atoms with Crippen LogP contribution >= 0.6 is 11.8 Å². The number of hydrogen-bond acceptors (Lipinski definition) is 3. The van der Waals surface area contributed by atoms with Crippen LogP contribution in [0.1, 0.15) is 25.7 Å². The van der Waals surface area contributed by atoms with Crippen LogP contribution in [-0.4, -0.2) is 40.2 Å². The van der Waals surface area contributed by atoms with Crippen molar-refractivity contribution < 1.29 is 36.6 Å². The van der Waals surface area contributed by atoms with Gasteiger partial charge < -0.3 is 10.4 Å². The van der Waals surface area contributed by atoms with Crippen molar-refractivity contribution in [2.24, 2.45) is 0 Å². The highest BCUT2D eigenvalue weighted by Gasteiger charge is 2.51. The zero-order valence-electron chi connectivity index (χ0n) is 13.8. The number of aliphatic carboxylic acids is 1. The molecule has 2 aliphatic heterocycles. The fraction of sp³-hybridized carbons (Fsp3) is 0.500. The first kappa shape index (κ1) is 19.7. The summed E-state index contributed by atoms with van der Waals surface area (Å²) in [6, 6.07) is -2.22. The lowest BCUT2D eigenvalue weighted by Gasteiger charge is -2.28. The number of urea groups is 1. The van der Waals surface area contributed by atoms with Crippen LogP contribution in [0.25, 0.3) is 0 Å². The molecule has 0 aromatic heterocycles. The number of carboxylic acids is 1. The van der Waals surface area contributed by atoms with Gasteiger partial charge in [-0.3, -0.25) is 9.69 Å². The molecule has 3 atom stereocenters. The van der Waals surface area contributed by atoms with Gasteiger partial charge in [0.2, 0.25) is 5.82 Å². The van der Waals surface area contributed by atoms with Gasteiger partial charge in [0.25, 0.3) is 0 Å². The van der Waals surface area contributed by atoms with Gasteiger partial charge in [0.15, 0.2) is 23.3 Å². The largest absolute Gasteiger partial charge is 0.481 e. The van der Waals surface area contributed by atoms with E-state index in [9.17, 15) is 31.5 Å². The molecule has 3 rings (SSSR count). The van der Waals surface area contributed by atoms with Crippen molar-refractivity contribution in [1.29, 1.82) is 0 Å². The first-order valence-corrected chi connectivity index (χ1v) is 9.23. The molecule has 1 aromatic carbocycles. The molecule has 0 unspecified atom stereocenters. The number of halogens is 5. The second-order valence-electron chi connectivity index (χ2n) is 6.35. The molecule has 0 spiro atoms. The molecule has 0 aliphatic carbocycles. The van der Waals surface area contributed by atoms with Crippen molar-refractivity contribution >= 4 is 29.4 Å². The Morgan fingerprint density at radius 3 is 2.26 bits per heavy atom. The molecule has 2 aliphatic rings. The molecule has 2 amide bonds. The molecule has 2 saturated heterocycles. The van der Waals surface area contributed by atoms with Gasteiger partial charge in [0, 0.05) is 17.4 Å². The van der Waals surface area contributed by atoms with Gasteiger partial charge in [-0.2, -0.15) is 11.8 Å². The number of carbonyl (C=O) groups excluding carboxylic acids is 1. The second kappa shape index (κ2) is 7.53. The Hall–Kier alpha value is -2.04.